The number of hydrogen-bond donors (Lipinski definition) is 1. The molecule has 0 fully saturated rings. The summed E-state index contributed by atoms with van der Waals surface area (Å²) >= 11 is 0. The number of nitrogens with zero attached hydrogens (tertiary/aromatic N) is 2. The van der Waals surface area contributed by atoms with E-state index < -0.39 is 0 Å². The van der Waals surface area contributed by atoms with Gasteiger partial charge in [0.1, 0.15) is 0 Å². The minimum Gasteiger partial charge on any atom is -0.364 e. The summed E-state index contributed by atoms with van der Waals surface area (Å²) in [6, 6.07) is 0.0757. The normalized spacial score (nSPS) is 14.4. The van der Waals surface area contributed by atoms with Crippen molar-refractivity contribution in [1.82, 2.24) is 5.32 Å². The molecule has 0 aromatic heterocycles. The molecule has 0 radical (unpaired) electrons. The summed E-state index contributed by atoms with van der Waals surface area (Å²) in [5, 5.41) is 7.19. The first-order chi connectivity index (χ1) is 7.51. The van der Waals surface area contributed by atoms with Crippen LogP contribution in [0.25, 0.3) is 0 Å². The van der Waals surface area contributed by atoms with Crippen molar-refractivity contribution in [2.24, 2.45) is 10.1 Å². The van der Waals surface area contributed by atoms with Crippen molar-refractivity contribution in [2.75, 3.05) is 7.05 Å². The Bertz CT molecular complexity index is 289. The van der Waals surface area contributed by atoms with E-state index >= 15 is 0 Å². The smallest absolute Gasteiger partial charge is 0.152 e. The van der Waals surface area contributed by atoms with Crippen LogP contribution in [0.3, 0.4) is 0 Å². The standard InChI is InChI=1S/C12H23N3O/c1-7-8-12(16-15-9(2)3)10(4)14-11(5)13-6/h8,10H,7H2,1-6H3,(H,13,14)/b12-8+/t10-/m1/s1. The predicted octanol–water partition coefficient (Wildman–Crippen LogP) is 2.72. The maximum absolute atomic E-state index is 5.38. The minimum atomic E-state index is 0.0757. The van der Waals surface area contributed by atoms with Crippen LogP contribution in [0, 0.1) is 0 Å². The topological polar surface area (TPSA) is 46.0 Å². The molecule has 4 nitrogen and oxygen atoms in total. The van der Waals surface area contributed by atoms with Crippen LogP contribution in [0.4, 0.5) is 0 Å². The number of hydrogen-bond acceptors (Lipinski definition) is 3. The van der Waals surface area contributed by atoms with Crippen molar-refractivity contribution in [3.05, 3.63) is 11.8 Å². The molecule has 92 valence electrons. The van der Waals surface area contributed by atoms with Gasteiger partial charge in [-0.1, -0.05) is 12.1 Å². The van der Waals surface area contributed by atoms with Gasteiger partial charge in [0.25, 0.3) is 0 Å². The average molecular weight is 225 g/mol. The van der Waals surface area contributed by atoms with E-state index in [1.165, 1.54) is 0 Å². The lowest BCUT2D eigenvalue weighted by Gasteiger charge is -2.16. The van der Waals surface area contributed by atoms with E-state index in [0.29, 0.717) is 0 Å². The Labute approximate surface area is 98.5 Å². The van der Waals surface area contributed by atoms with Crippen molar-refractivity contribution >= 4 is 11.5 Å². The third kappa shape index (κ3) is 6.22. The zero-order valence-corrected chi connectivity index (χ0v) is 11.2. The fraction of sp³-hybridized carbons (Fsp3) is 0.667. The fourth-order valence-electron chi connectivity index (χ4n) is 1.09. The average Bonchev–Trinajstić information content (AvgIpc) is 2.23. The minimum absolute atomic E-state index is 0.0757. The molecule has 0 unspecified atom stereocenters. The van der Waals surface area contributed by atoms with Gasteiger partial charge in [0.2, 0.25) is 0 Å². The number of nitrogens with one attached hydrogen (secondary N) is 1. The van der Waals surface area contributed by atoms with Crippen LogP contribution in [0.5, 0.6) is 0 Å². The monoisotopic (exact) mass is 225 g/mol. The van der Waals surface area contributed by atoms with Gasteiger partial charge in [-0.05, 0) is 40.2 Å². The van der Waals surface area contributed by atoms with Crippen LogP contribution in [-0.2, 0) is 4.84 Å². The lowest BCUT2D eigenvalue weighted by molar-refractivity contribution is 0.204. The van der Waals surface area contributed by atoms with Crippen LogP contribution < -0.4 is 5.32 Å². The van der Waals surface area contributed by atoms with E-state index in [-0.39, 0.29) is 6.04 Å². The lowest BCUT2D eigenvalue weighted by atomic mass is 10.2. The highest BCUT2D eigenvalue weighted by Crippen LogP contribution is 2.07. The Hall–Kier alpha value is -1.32. The third-order valence-corrected chi connectivity index (χ3v) is 1.93. The number of allylic oxidation sites excluding steroid dienone is 1. The van der Waals surface area contributed by atoms with Gasteiger partial charge in [0, 0.05) is 7.05 Å². The van der Waals surface area contributed by atoms with Crippen LogP contribution in [-0.4, -0.2) is 24.6 Å². The molecule has 0 aliphatic carbocycles. The quantitative estimate of drug-likeness (QED) is 0.338. The van der Waals surface area contributed by atoms with Crippen LogP contribution in [0.15, 0.2) is 22.0 Å². The van der Waals surface area contributed by atoms with Crippen LogP contribution in [0.1, 0.15) is 41.0 Å². The van der Waals surface area contributed by atoms with Gasteiger partial charge in [-0.3, -0.25) is 4.99 Å². The lowest BCUT2D eigenvalue weighted by Crippen LogP contribution is -2.32. The Kier molecular flexibility index (Phi) is 7.25. The molecule has 0 rings (SSSR count). The van der Waals surface area contributed by atoms with Crippen molar-refractivity contribution in [2.45, 2.75) is 47.1 Å². The molecule has 0 saturated heterocycles. The van der Waals surface area contributed by atoms with E-state index in [1.807, 2.05) is 33.8 Å². The molecular weight excluding hydrogens is 202 g/mol. The van der Waals surface area contributed by atoms with Crippen LogP contribution >= 0.6 is 0 Å². The largest absolute Gasteiger partial charge is 0.364 e. The summed E-state index contributed by atoms with van der Waals surface area (Å²) in [5.41, 5.74) is 0.898. The molecule has 0 aliphatic rings. The van der Waals surface area contributed by atoms with Gasteiger partial charge < -0.3 is 10.2 Å². The molecule has 1 atom stereocenters. The first-order valence-electron chi connectivity index (χ1n) is 5.59. The van der Waals surface area contributed by atoms with E-state index in [2.05, 4.69) is 22.4 Å². The van der Waals surface area contributed by atoms with Crippen molar-refractivity contribution in [1.29, 1.82) is 0 Å². The molecule has 0 heterocycles. The zero-order valence-electron chi connectivity index (χ0n) is 11.2. The van der Waals surface area contributed by atoms with Gasteiger partial charge in [-0.2, -0.15) is 0 Å². The highest BCUT2D eigenvalue weighted by atomic mass is 16.6. The highest BCUT2D eigenvalue weighted by molar-refractivity contribution is 5.80. The van der Waals surface area contributed by atoms with E-state index in [9.17, 15) is 0 Å². The second kappa shape index (κ2) is 7.91. The maximum atomic E-state index is 5.38. The number of oxime groups is 1. The van der Waals surface area contributed by atoms with Gasteiger partial charge in [0.05, 0.1) is 17.6 Å². The van der Waals surface area contributed by atoms with Gasteiger partial charge in [0.15, 0.2) is 5.76 Å². The Morgan fingerprint density at radius 2 is 2.00 bits per heavy atom. The molecule has 1 N–H and O–H groups in total. The van der Waals surface area contributed by atoms with E-state index in [1.54, 1.807) is 7.05 Å². The molecular formula is C12H23N3O. The molecule has 4 heteroatoms. The maximum Gasteiger partial charge on any atom is 0.152 e. The molecule has 0 bridgehead atoms. The molecule has 0 amide bonds. The summed E-state index contributed by atoms with van der Waals surface area (Å²) in [6.45, 7) is 9.82. The summed E-state index contributed by atoms with van der Waals surface area (Å²) in [4.78, 5) is 9.44. The first-order valence-corrected chi connectivity index (χ1v) is 5.59. The number of aliphatic imine (C=N–C) groups is 1. The molecule has 0 spiro atoms. The zero-order chi connectivity index (χ0) is 12.6. The first kappa shape index (κ1) is 14.7. The van der Waals surface area contributed by atoms with Crippen molar-refractivity contribution in [3.63, 3.8) is 0 Å². The molecule has 0 aromatic carbocycles. The SMILES string of the molecule is CC/C=C(/ON=C(C)C)[C@@H](C)NC(C)=NC. The highest BCUT2D eigenvalue weighted by Gasteiger charge is 2.10. The third-order valence-electron chi connectivity index (χ3n) is 1.93. The Balaban J connectivity index is 4.54. The molecule has 0 aromatic rings. The summed E-state index contributed by atoms with van der Waals surface area (Å²) in [6.07, 6.45) is 2.94. The van der Waals surface area contributed by atoms with Crippen LogP contribution in [0.2, 0.25) is 0 Å². The Morgan fingerprint density at radius 3 is 2.44 bits per heavy atom. The summed E-state index contributed by atoms with van der Waals surface area (Å²) < 4.78 is 0. The molecule has 16 heavy (non-hydrogen) atoms. The number of rotatable bonds is 5. The second-order valence-corrected chi connectivity index (χ2v) is 3.82. The van der Waals surface area contributed by atoms with Gasteiger partial charge >= 0.3 is 0 Å². The molecule has 0 aliphatic heterocycles. The summed E-state index contributed by atoms with van der Waals surface area (Å²) in [7, 11) is 1.76. The van der Waals surface area contributed by atoms with Gasteiger partial charge in [-0.25, -0.2) is 0 Å². The van der Waals surface area contributed by atoms with E-state index in [0.717, 1.165) is 23.7 Å². The summed E-state index contributed by atoms with van der Waals surface area (Å²) in [5.74, 6) is 1.71. The van der Waals surface area contributed by atoms with Crippen molar-refractivity contribution in [3.8, 4) is 0 Å². The predicted molar refractivity (Wildman–Crippen MR) is 69.9 cm³/mol. The number of amidine groups is 1. The van der Waals surface area contributed by atoms with E-state index in [4.69, 9.17) is 4.84 Å². The van der Waals surface area contributed by atoms with Crippen molar-refractivity contribution < 1.29 is 4.84 Å². The fourth-order valence-corrected chi connectivity index (χ4v) is 1.09. The Morgan fingerprint density at radius 1 is 1.38 bits per heavy atom. The molecule has 0 saturated carbocycles. The second-order valence-electron chi connectivity index (χ2n) is 3.82. The van der Waals surface area contributed by atoms with Gasteiger partial charge in [-0.15, -0.1) is 0 Å².